The quantitative estimate of drug-likeness (QED) is 0.780. The molecule has 20 heavy (non-hydrogen) atoms. The highest BCUT2D eigenvalue weighted by Gasteiger charge is 2.21. The second kappa shape index (κ2) is 7.34. The van der Waals surface area contributed by atoms with Crippen LogP contribution in [0.2, 0.25) is 5.02 Å². The van der Waals surface area contributed by atoms with E-state index in [1.165, 1.54) is 0 Å². The summed E-state index contributed by atoms with van der Waals surface area (Å²) in [5.41, 5.74) is 0.655. The number of carbonyl (C=O) groups excluding carboxylic acids is 1. The summed E-state index contributed by atoms with van der Waals surface area (Å²) in [5.74, 6) is 1.83. The van der Waals surface area contributed by atoms with Gasteiger partial charge in [-0.2, -0.15) is 11.8 Å². The Labute approximate surface area is 129 Å². The van der Waals surface area contributed by atoms with E-state index in [1.807, 2.05) is 11.8 Å². The Morgan fingerprint density at radius 1 is 1.55 bits per heavy atom. The lowest BCUT2D eigenvalue weighted by molar-refractivity contribution is 0.0932. The summed E-state index contributed by atoms with van der Waals surface area (Å²) in [6, 6.07) is 5.22. The SMILES string of the molecule is CCC1CN(CC(=O)c2ccc(OC)c(Cl)c2)CCS1. The number of hydrogen-bond donors (Lipinski definition) is 0. The van der Waals surface area contributed by atoms with Crippen LogP contribution in [0.3, 0.4) is 0 Å². The molecule has 0 aromatic heterocycles. The van der Waals surface area contributed by atoms with Gasteiger partial charge in [-0.05, 0) is 24.6 Å². The molecular weight excluding hydrogens is 294 g/mol. The fraction of sp³-hybridized carbons (Fsp3) is 0.533. The first-order chi connectivity index (χ1) is 9.63. The molecule has 1 heterocycles. The van der Waals surface area contributed by atoms with Crippen LogP contribution in [-0.2, 0) is 0 Å². The number of ether oxygens (including phenoxy) is 1. The zero-order valence-corrected chi connectivity index (χ0v) is 13.5. The molecule has 1 atom stereocenters. The van der Waals surface area contributed by atoms with Gasteiger partial charge in [0.25, 0.3) is 0 Å². The molecule has 0 amide bonds. The molecule has 1 aliphatic heterocycles. The van der Waals surface area contributed by atoms with Crippen molar-refractivity contribution in [2.24, 2.45) is 0 Å². The Balaban J connectivity index is 1.99. The third-order valence-electron chi connectivity index (χ3n) is 3.52. The Morgan fingerprint density at radius 2 is 2.35 bits per heavy atom. The van der Waals surface area contributed by atoms with E-state index >= 15 is 0 Å². The van der Waals surface area contributed by atoms with Crippen molar-refractivity contribution >= 4 is 29.1 Å². The number of hydrogen-bond acceptors (Lipinski definition) is 4. The molecule has 1 saturated heterocycles. The van der Waals surface area contributed by atoms with Crippen LogP contribution in [0.15, 0.2) is 18.2 Å². The lowest BCUT2D eigenvalue weighted by Crippen LogP contribution is -2.40. The number of benzene rings is 1. The topological polar surface area (TPSA) is 29.5 Å². The third kappa shape index (κ3) is 3.90. The van der Waals surface area contributed by atoms with Crippen molar-refractivity contribution in [1.29, 1.82) is 0 Å². The average Bonchev–Trinajstić information content (AvgIpc) is 2.47. The van der Waals surface area contributed by atoms with Crippen molar-refractivity contribution in [2.45, 2.75) is 18.6 Å². The van der Waals surface area contributed by atoms with Gasteiger partial charge in [0.05, 0.1) is 18.7 Å². The van der Waals surface area contributed by atoms with Crippen LogP contribution < -0.4 is 4.74 Å². The van der Waals surface area contributed by atoms with Gasteiger partial charge in [-0.15, -0.1) is 0 Å². The predicted octanol–water partition coefficient (Wildman–Crippen LogP) is 3.36. The molecule has 0 N–H and O–H groups in total. The van der Waals surface area contributed by atoms with Gasteiger partial charge in [-0.1, -0.05) is 18.5 Å². The maximum atomic E-state index is 12.3. The zero-order valence-electron chi connectivity index (χ0n) is 11.9. The number of nitrogens with zero attached hydrogens (tertiary/aromatic N) is 1. The second-order valence-electron chi connectivity index (χ2n) is 4.91. The summed E-state index contributed by atoms with van der Waals surface area (Å²) in [6.07, 6.45) is 1.16. The zero-order chi connectivity index (χ0) is 14.5. The highest BCUT2D eigenvalue weighted by molar-refractivity contribution is 8.00. The second-order valence-corrected chi connectivity index (χ2v) is 6.72. The summed E-state index contributed by atoms with van der Waals surface area (Å²) < 4.78 is 5.10. The van der Waals surface area contributed by atoms with E-state index in [-0.39, 0.29) is 5.78 Å². The summed E-state index contributed by atoms with van der Waals surface area (Å²) in [7, 11) is 1.57. The highest BCUT2D eigenvalue weighted by atomic mass is 35.5. The van der Waals surface area contributed by atoms with Crippen molar-refractivity contribution in [1.82, 2.24) is 4.90 Å². The first-order valence-corrected chi connectivity index (χ1v) is 8.27. The Morgan fingerprint density at radius 3 is 3.00 bits per heavy atom. The van der Waals surface area contributed by atoms with Crippen LogP contribution in [-0.4, -0.2) is 48.4 Å². The summed E-state index contributed by atoms with van der Waals surface area (Å²) in [4.78, 5) is 14.6. The van der Waals surface area contributed by atoms with Gasteiger partial charge >= 0.3 is 0 Å². The number of carbonyl (C=O) groups is 1. The van der Waals surface area contributed by atoms with E-state index in [1.54, 1.807) is 25.3 Å². The molecule has 1 aromatic rings. The van der Waals surface area contributed by atoms with E-state index in [2.05, 4.69) is 11.8 Å². The van der Waals surface area contributed by atoms with E-state index < -0.39 is 0 Å². The molecule has 0 aliphatic carbocycles. The molecule has 1 fully saturated rings. The van der Waals surface area contributed by atoms with Crippen molar-refractivity contribution in [3.8, 4) is 5.75 Å². The fourth-order valence-corrected chi connectivity index (χ4v) is 3.81. The van der Waals surface area contributed by atoms with Crippen LogP contribution in [0.4, 0.5) is 0 Å². The molecule has 110 valence electrons. The van der Waals surface area contributed by atoms with E-state index in [9.17, 15) is 4.79 Å². The number of halogens is 1. The fourth-order valence-electron chi connectivity index (χ4n) is 2.31. The van der Waals surface area contributed by atoms with Crippen LogP contribution in [0.25, 0.3) is 0 Å². The summed E-state index contributed by atoms with van der Waals surface area (Å²) >= 11 is 8.07. The van der Waals surface area contributed by atoms with Crippen LogP contribution in [0.5, 0.6) is 5.75 Å². The predicted molar refractivity (Wildman–Crippen MR) is 85.3 cm³/mol. The maximum absolute atomic E-state index is 12.3. The lowest BCUT2D eigenvalue weighted by atomic mass is 10.1. The number of thioether (sulfide) groups is 1. The smallest absolute Gasteiger partial charge is 0.176 e. The standard InChI is InChI=1S/C15H20ClNO2S/c1-3-12-9-17(6-7-20-12)10-14(18)11-4-5-15(19-2)13(16)8-11/h4-5,8,12H,3,6-7,9-10H2,1-2H3. The van der Waals surface area contributed by atoms with Gasteiger partial charge < -0.3 is 4.74 Å². The molecule has 0 saturated carbocycles. The monoisotopic (exact) mass is 313 g/mol. The van der Waals surface area contributed by atoms with Gasteiger partial charge in [0.15, 0.2) is 5.78 Å². The minimum Gasteiger partial charge on any atom is -0.495 e. The molecule has 0 spiro atoms. The molecule has 0 radical (unpaired) electrons. The molecule has 1 aliphatic rings. The largest absolute Gasteiger partial charge is 0.495 e. The first-order valence-electron chi connectivity index (χ1n) is 6.84. The van der Waals surface area contributed by atoms with Crippen LogP contribution in [0, 0.1) is 0 Å². The Hall–Kier alpha value is -0.710. The van der Waals surface area contributed by atoms with Gasteiger partial charge in [0.1, 0.15) is 5.75 Å². The number of Topliss-reactive ketones (excluding diaryl/α,β-unsaturated/α-hetero) is 1. The molecular formula is C15H20ClNO2S. The first kappa shape index (κ1) is 15.7. The Bertz CT molecular complexity index is 481. The minimum atomic E-state index is 0.122. The molecule has 3 nitrogen and oxygen atoms in total. The Kier molecular flexibility index (Phi) is 5.75. The van der Waals surface area contributed by atoms with Gasteiger partial charge in [0, 0.05) is 29.7 Å². The molecule has 0 bridgehead atoms. The van der Waals surface area contributed by atoms with Gasteiger partial charge in [0.2, 0.25) is 0 Å². The summed E-state index contributed by atoms with van der Waals surface area (Å²) in [5, 5.41) is 1.13. The van der Waals surface area contributed by atoms with Crippen molar-refractivity contribution in [3.05, 3.63) is 28.8 Å². The molecule has 2 rings (SSSR count). The van der Waals surface area contributed by atoms with E-state index in [4.69, 9.17) is 16.3 Å². The number of methoxy groups -OCH3 is 1. The lowest BCUT2D eigenvalue weighted by Gasteiger charge is -2.31. The van der Waals surface area contributed by atoms with Gasteiger partial charge in [-0.25, -0.2) is 0 Å². The normalized spacial score (nSPS) is 19.9. The minimum absolute atomic E-state index is 0.122. The third-order valence-corrected chi connectivity index (χ3v) is 5.19. The van der Waals surface area contributed by atoms with Gasteiger partial charge in [-0.3, -0.25) is 9.69 Å². The van der Waals surface area contributed by atoms with E-state index in [0.29, 0.717) is 28.1 Å². The molecule has 1 unspecified atom stereocenters. The van der Waals surface area contributed by atoms with E-state index in [0.717, 1.165) is 25.3 Å². The van der Waals surface area contributed by atoms with Crippen LogP contribution >= 0.6 is 23.4 Å². The van der Waals surface area contributed by atoms with Crippen LogP contribution in [0.1, 0.15) is 23.7 Å². The molecule has 5 heteroatoms. The maximum Gasteiger partial charge on any atom is 0.176 e. The van der Waals surface area contributed by atoms with Crippen molar-refractivity contribution < 1.29 is 9.53 Å². The van der Waals surface area contributed by atoms with Crippen molar-refractivity contribution in [2.75, 3.05) is 32.5 Å². The van der Waals surface area contributed by atoms with Crippen molar-refractivity contribution in [3.63, 3.8) is 0 Å². The molecule has 1 aromatic carbocycles. The average molecular weight is 314 g/mol. The summed E-state index contributed by atoms with van der Waals surface area (Å²) in [6.45, 7) is 4.65. The number of rotatable bonds is 5. The number of ketones is 1. The highest BCUT2D eigenvalue weighted by Crippen LogP contribution is 2.26.